The van der Waals surface area contributed by atoms with Crippen molar-refractivity contribution in [1.82, 2.24) is 4.31 Å². The Kier molecular flexibility index (Phi) is 6.87. The molecular formula is C24H25FN2O3S. The van der Waals surface area contributed by atoms with Crippen molar-refractivity contribution >= 4 is 21.6 Å². The number of sulfonamides is 1. The lowest BCUT2D eigenvalue weighted by Gasteiger charge is -2.25. The van der Waals surface area contributed by atoms with Crippen LogP contribution in [0.1, 0.15) is 16.7 Å². The summed E-state index contributed by atoms with van der Waals surface area (Å²) in [5.41, 5.74) is 3.26. The highest BCUT2D eigenvalue weighted by molar-refractivity contribution is 7.89. The zero-order valence-electron chi connectivity index (χ0n) is 17.7. The molecule has 1 amide bonds. The van der Waals surface area contributed by atoms with Gasteiger partial charge in [0.15, 0.2) is 0 Å². The number of hydrogen-bond donors (Lipinski definition) is 0. The summed E-state index contributed by atoms with van der Waals surface area (Å²) in [6.45, 7) is 3.53. The van der Waals surface area contributed by atoms with Gasteiger partial charge in [0.05, 0.1) is 11.4 Å². The van der Waals surface area contributed by atoms with Crippen LogP contribution in [-0.4, -0.2) is 32.2 Å². The number of benzene rings is 3. The first kappa shape index (κ1) is 22.7. The van der Waals surface area contributed by atoms with Crippen LogP contribution >= 0.6 is 0 Å². The normalized spacial score (nSPS) is 11.5. The standard InChI is InChI=1S/C24H25FN2O3S/c1-18-4-8-20(9-5-18)16-27(31(29,30)23-14-6-19(2)7-15-23)17-24(28)26(3)22-12-10-21(25)11-13-22/h4-15H,16-17H2,1-3H3. The molecule has 0 saturated carbocycles. The van der Waals surface area contributed by atoms with E-state index in [2.05, 4.69) is 0 Å². The summed E-state index contributed by atoms with van der Waals surface area (Å²) in [5.74, 6) is -0.832. The van der Waals surface area contributed by atoms with E-state index in [1.807, 2.05) is 38.1 Å². The summed E-state index contributed by atoms with van der Waals surface area (Å²) in [5, 5.41) is 0. The highest BCUT2D eigenvalue weighted by atomic mass is 32.2. The van der Waals surface area contributed by atoms with E-state index in [1.54, 1.807) is 24.3 Å². The molecule has 31 heavy (non-hydrogen) atoms. The molecule has 0 saturated heterocycles. The number of aryl methyl sites for hydroxylation is 2. The maximum absolute atomic E-state index is 13.4. The molecule has 162 valence electrons. The molecule has 0 aliphatic rings. The second kappa shape index (κ2) is 9.41. The van der Waals surface area contributed by atoms with Crippen molar-refractivity contribution in [2.75, 3.05) is 18.5 Å². The molecule has 7 heteroatoms. The number of rotatable bonds is 7. The Labute approximate surface area is 182 Å². The molecular weight excluding hydrogens is 415 g/mol. The Bertz CT molecular complexity index is 1140. The third-order valence-electron chi connectivity index (χ3n) is 5.04. The van der Waals surface area contributed by atoms with Gasteiger partial charge in [-0.2, -0.15) is 4.31 Å². The van der Waals surface area contributed by atoms with Crippen LogP contribution in [0.5, 0.6) is 0 Å². The van der Waals surface area contributed by atoms with Crippen LogP contribution in [0.2, 0.25) is 0 Å². The first-order valence-electron chi connectivity index (χ1n) is 9.81. The van der Waals surface area contributed by atoms with Crippen LogP contribution in [0.4, 0.5) is 10.1 Å². The quantitative estimate of drug-likeness (QED) is 0.551. The van der Waals surface area contributed by atoms with E-state index in [-0.39, 0.29) is 18.0 Å². The molecule has 0 N–H and O–H groups in total. The number of likely N-dealkylation sites (N-methyl/N-ethyl adjacent to an activating group) is 1. The number of amides is 1. The first-order valence-corrected chi connectivity index (χ1v) is 11.3. The van der Waals surface area contributed by atoms with Gasteiger partial charge in [0.2, 0.25) is 15.9 Å². The lowest BCUT2D eigenvalue weighted by atomic mass is 10.1. The number of hydrogen-bond acceptors (Lipinski definition) is 3. The third-order valence-corrected chi connectivity index (χ3v) is 6.84. The van der Waals surface area contributed by atoms with Crippen molar-refractivity contribution in [2.24, 2.45) is 0 Å². The number of halogens is 1. The second-order valence-corrected chi connectivity index (χ2v) is 9.44. The van der Waals surface area contributed by atoms with Gasteiger partial charge in [-0.3, -0.25) is 4.79 Å². The summed E-state index contributed by atoms with van der Waals surface area (Å²) >= 11 is 0. The Morgan fingerprint density at radius 1 is 0.839 bits per heavy atom. The largest absolute Gasteiger partial charge is 0.314 e. The van der Waals surface area contributed by atoms with E-state index in [0.717, 1.165) is 16.7 Å². The smallest absolute Gasteiger partial charge is 0.243 e. The van der Waals surface area contributed by atoms with Crippen molar-refractivity contribution < 1.29 is 17.6 Å². The van der Waals surface area contributed by atoms with E-state index in [4.69, 9.17) is 0 Å². The van der Waals surface area contributed by atoms with Gasteiger partial charge >= 0.3 is 0 Å². The lowest BCUT2D eigenvalue weighted by molar-refractivity contribution is -0.118. The molecule has 0 bridgehead atoms. The molecule has 3 rings (SSSR count). The van der Waals surface area contributed by atoms with Gasteiger partial charge in [-0.05, 0) is 55.8 Å². The van der Waals surface area contributed by atoms with Crippen molar-refractivity contribution in [3.05, 3.63) is 95.3 Å². The van der Waals surface area contributed by atoms with Crippen molar-refractivity contribution in [3.63, 3.8) is 0 Å². The van der Waals surface area contributed by atoms with Crippen molar-refractivity contribution in [3.8, 4) is 0 Å². The zero-order chi connectivity index (χ0) is 22.6. The monoisotopic (exact) mass is 440 g/mol. The van der Waals surface area contributed by atoms with Gasteiger partial charge in [-0.25, -0.2) is 12.8 Å². The maximum atomic E-state index is 13.4. The van der Waals surface area contributed by atoms with Gasteiger partial charge in [0.1, 0.15) is 5.82 Å². The van der Waals surface area contributed by atoms with Crippen LogP contribution in [0.3, 0.4) is 0 Å². The van der Waals surface area contributed by atoms with Gasteiger partial charge in [-0.15, -0.1) is 0 Å². The number of carbonyl (C=O) groups excluding carboxylic acids is 1. The minimum atomic E-state index is -3.92. The number of carbonyl (C=O) groups is 1. The molecule has 0 aromatic heterocycles. The van der Waals surface area contributed by atoms with Gasteiger partial charge in [-0.1, -0.05) is 47.5 Å². The van der Waals surface area contributed by atoms with Gasteiger partial charge in [0, 0.05) is 19.3 Å². The average Bonchev–Trinajstić information content (AvgIpc) is 2.75. The molecule has 0 unspecified atom stereocenters. The fraction of sp³-hybridized carbons (Fsp3) is 0.208. The number of anilines is 1. The summed E-state index contributed by atoms with van der Waals surface area (Å²) in [7, 11) is -2.38. The fourth-order valence-electron chi connectivity index (χ4n) is 3.05. The maximum Gasteiger partial charge on any atom is 0.243 e. The predicted molar refractivity (Wildman–Crippen MR) is 120 cm³/mol. The molecule has 0 aliphatic heterocycles. The zero-order valence-corrected chi connectivity index (χ0v) is 18.6. The van der Waals surface area contributed by atoms with Crippen LogP contribution < -0.4 is 4.90 Å². The first-order chi connectivity index (χ1) is 14.7. The molecule has 3 aromatic rings. The molecule has 5 nitrogen and oxygen atoms in total. The summed E-state index contributed by atoms with van der Waals surface area (Å²) in [6, 6.07) is 19.5. The van der Waals surface area contributed by atoms with E-state index in [9.17, 15) is 17.6 Å². The van der Waals surface area contributed by atoms with Crippen LogP contribution in [0.15, 0.2) is 77.7 Å². The highest BCUT2D eigenvalue weighted by Crippen LogP contribution is 2.21. The predicted octanol–water partition coefficient (Wildman–Crippen LogP) is 4.30. The Balaban J connectivity index is 1.90. The van der Waals surface area contributed by atoms with Crippen LogP contribution in [0, 0.1) is 19.7 Å². The lowest BCUT2D eigenvalue weighted by Crippen LogP contribution is -2.41. The van der Waals surface area contributed by atoms with Crippen LogP contribution in [-0.2, 0) is 21.4 Å². The van der Waals surface area contributed by atoms with Crippen LogP contribution in [0.25, 0.3) is 0 Å². The van der Waals surface area contributed by atoms with E-state index in [0.29, 0.717) is 5.69 Å². The Hall–Kier alpha value is -3.03. The topological polar surface area (TPSA) is 57.7 Å². The molecule has 0 fully saturated rings. The number of nitrogens with zero attached hydrogens (tertiary/aromatic N) is 2. The van der Waals surface area contributed by atoms with Crippen molar-refractivity contribution in [1.29, 1.82) is 0 Å². The molecule has 0 spiro atoms. The summed E-state index contributed by atoms with van der Waals surface area (Å²) < 4.78 is 41.1. The van der Waals surface area contributed by atoms with E-state index in [1.165, 1.54) is 40.5 Å². The third kappa shape index (κ3) is 5.57. The Morgan fingerprint density at radius 3 is 1.90 bits per heavy atom. The Morgan fingerprint density at radius 2 is 1.35 bits per heavy atom. The van der Waals surface area contributed by atoms with E-state index >= 15 is 0 Å². The molecule has 0 atom stereocenters. The molecule has 0 radical (unpaired) electrons. The SMILES string of the molecule is Cc1ccc(CN(CC(=O)N(C)c2ccc(F)cc2)S(=O)(=O)c2ccc(C)cc2)cc1. The fourth-order valence-corrected chi connectivity index (χ4v) is 4.43. The van der Waals surface area contributed by atoms with Gasteiger partial charge < -0.3 is 4.90 Å². The van der Waals surface area contributed by atoms with Gasteiger partial charge in [0.25, 0.3) is 0 Å². The molecule has 0 heterocycles. The molecule has 0 aliphatic carbocycles. The summed E-state index contributed by atoms with van der Waals surface area (Å²) in [4.78, 5) is 14.4. The minimum absolute atomic E-state index is 0.0550. The second-order valence-electron chi connectivity index (χ2n) is 7.50. The molecule has 3 aromatic carbocycles. The highest BCUT2D eigenvalue weighted by Gasteiger charge is 2.28. The van der Waals surface area contributed by atoms with E-state index < -0.39 is 21.7 Å². The van der Waals surface area contributed by atoms with Crippen molar-refractivity contribution in [2.45, 2.75) is 25.3 Å². The average molecular weight is 441 g/mol. The minimum Gasteiger partial charge on any atom is -0.314 e. The summed E-state index contributed by atoms with van der Waals surface area (Å²) in [6.07, 6.45) is 0.